The predicted molar refractivity (Wildman–Crippen MR) is 67.4 cm³/mol. The van der Waals surface area contributed by atoms with E-state index in [2.05, 4.69) is 10.2 Å². The molecule has 5 nitrogen and oxygen atoms in total. The van der Waals surface area contributed by atoms with Gasteiger partial charge in [-0.05, 0) is 6.42 Å². The fourth-order valence-electron chi connectivity index (χ4n) is 2.15. The van der Waals surface area contributed by atoms with Crippen molar-refractivity contribution in [2.24, 2.45) is 0 Å². The molecule has 102 valence electrons. The molecule has 2 unspecified atom stereocenters. The molecule has 0 spiro atoms. The zero-order valence-electron chi connectivity index (χ0n) is 11.3. The Morgan fingerprint density at radius 1 is 1.12 bits per heavy atom. The van der Waals surface area contributed by atoms with Crippen LogP contribution < -0.4 is 5.32 Å². The van der Waals surface area contributed by atoms with Gasteiger partial charge in [-0.3, -0.25) is 4.90 Å². The maximum atomic E-state index is 5.35. The van der Waals surface area contributed by atoms with E-state index in [1.54, 1.807) is 21.3 Å². The number of methoxy groups -OCH3 is 3. The highest BCUT2D eigenvalue weighted by molar-refractivity contribution is 4.84. The van der Waals surface area contributed by atoms with Gasteiger partial charge in [0.15, 0.2) is 0 Å². The number of rotatable bonds is 9. The monoisotopic (exact) mass is 246 g/mol. The molecule has 1 aliphatic rings. The zero-order valence-corrected chi connectivity index (χ0v) is 11.3. The van der Waals surface area contributed by atoms with E-state index in [0.29, 0.717) is 12.1 Å². The molecular formula is C12H26N2O3. The Kier molecular flexibility index (Phi) is 7.72. The summed E-state index contributed by atoms with van der Waals surface area (Å²) in [6.07, 6.45) is 1.46. The average Bonchev–Trinajstić information content (AvgIpc) is 2.80. The molecule has 17 heavy (non-hydrogen) atoms. The van der Waals surface area contributed by atoms with Crippen LogP contribution in [0.15, 0.2) is 0 Å². The smallest absolute Gasteiger partial charge is 0.0711 e. The van der Waals surface area contributed by atoms with Gasteiger partial charge in [0, 0.05) is 53.6 Å². The fourth-order valence-corrected chi connectivity index (χ4v) is 2.15. The average molecular weight is 246 g/mol. The summed E-state index contributed by atoms with van der Waals surface area (Å²) < 4.78 is 15.6. The Labute approximate surface area is 104 Å². The molecular weight excluding hydrogens is 220 g/mol. The summed E-state index contributed by atoms with van der Waals surface area (Å²) in [4.78, 5) is 2.38. The molecule has 1 rings (SSSR count). The van der Waals surface area contributed by atoms with E-state index >= 15 is 0 Å². The lowest BCUT2D eigenvalue weighted by atomic mass is 10.2. The molecule has 0 bridgehead atoms. The quantitative estimate of drug-likeness (QED) is 0.618. The normalized spacial score (nSPS) is 24.7. The maximum Gasteiger partial charge on any atom is 0.0711 e. The highest BCUT2D eigenvalue weighted by Gasteiger charge is 2.25. The van der Waals surface area contributed by atoms with Crippen LogP contribution in [-0.2, 0) is 14.2 Å². The summed E-state index contributed by atoms with van der Waals surface area (Å²) in [6, 6.07) is 0.522. The number of nitrogens with zero attached hydrogens (tertiary/aromatic N) is 1. The molecule has 1 heterocycles. The van der Waals surface area contributed by atoms with Crippen LogP contribution >= 0.6 is 0 Å². The second-order valence-electron chi connectivity index (χ2n) is 4.48. The van der Waals surface area contributed by atoms with Crippen LogP contribution in [-0.4, -0.2) is 77.8 Å². The van der Waals surface area contributed by atoms with Gasteiger partial charge in [0.05, 0.1) is 19.3 Å². The van der Waals surface area contributed by atoms with Gasteiger partial charge >= 0.3 is 0 Å². The van der Waals surface area contributed by atoms with Crippen LogP contribution in [0.3, 0.4) is 0 Å². The molecule has 0 aromatic heterocycles. The third-order valence-electron chi connectivity index (χ3n) is 3.22. The molecule has 1 aliphatic heterocycles. The zero-order chi connectivity index (χ0) is 12.5. The van der Waals surface area contributed by atoms with Gasteiger partial charge in [-0.2, -0.15) is 0 Å². The number of hydrogen-bond acceptors (Lipinski definition) is 5. The first-order chi connectivity index (χ1) is 8.30. The summed E-state index contributed by atoms with van der Waals surface area (Å²) in [7, 11) is 5.26. The third kappa shape index (κ3) is 5.79. The van der Waals surface area contributed by atoms with Crippen molar-refractivity contribution in [3.05, 3.63) is 0 Å². The van der Waals surface area contributed by atoms with Crippen LogP contribution in [0.1, 0.15) is 6.42 Å². The number of hydrogen-bond donors (Lipinski definition) is 1. The van der Waals surface area contributed by atoms with Gasteiger partial charge in [-0.25, -0.2) is 0 Å². The van der Waals surface area contributed by atoms with Crippen molar-refractivity contribution >= 4 is 0 Å². The lowest BCUT2D eigenvalue weighted by Crippen LogP contribution is -2.40. The second-order valence-corrected chi connectivity index (χ2v) is 4.48. The van der Waals surface area contributed by atoms with Crippen LogP contribution in [0, 0.1) is 0 Å². The fraction of sp³-hybridized carbons (Fsp3) is 1.00. The Balaban J connectivity index is 2.26. The van der Waals surface area contributed by atoms with Crippen LogP contribution in [0.4, 0.5) is 0 Å². The molecule has 2 atom stereocenters. The number of nitrogens with one attached hydrogen (secondary N) is 1. The van der Waals surface area contributed by atoms with Crippen molar-refractivity contribution in [2.75, 3.05) is 60.7 Å². The van der Waals surface area contributed by atoms with Gasteiger partial charge in [-0.15, -0.1) is 0 Å². The summed E-state index contributed by atoms with van der Waals surface area (Å²) in [5.74, 6) is 0. The lowest BCUT2D eigenvalue weighted by Gasteiger charge is -2.25. The minimum atomic E-state index is 0.367. The largest absolute Gasteiger partial charge is 0.383 e. The topological polar surface area (TPSA) is 43.0 Å². The van der Waals surface area contributed by atoms with Gasteiger partial charge < -0.3 is 19.5 Å². The summed E-state index contributed by atoms with van der Waals surface area (Å²) >= 11 is 0. The predicted octanol–water partition coefficient (Wildman–Crippen LogP) is -0.0419. The Morgan fingerprint density at radius 2 is 1.76 bits per heavy atom. The Morgan fingerprint density at radius 3 is 2.24 bits per heavy atom. The van der Waals surface area contributed by atoms with Gasteiger partial charge in [0.2, 0.25) is 0 Å². The van der Waals surface area contributed by atoms with Crippen molar-refractivity contribution in [1.29, 1.82) is 0 Å². The molecule has 0 amide bonds. The minimum Gasteiger partial charge on any atom is -0.383 e. The van der Waals surface area contributed by atoms with E-state index in [1.807, 2.05) is 0 Å². The van der Waals surface area contributed by atoms with Crippen LogP contribution in [0.2, 0.25) is 0 Å². The molecule has 0 radical (unpaired) electrons. The molecule has 0 aliphatic carbocycles. The molecule has 0 aromatic carbocycles. The lowest BCUT2D eigenvalue weighted by molar-refractivity contribution is 0.101. The van der Waals surface area contributed by atoms with Crippen molar-refractivity contribution in [2.45, 2.75) is 18.6 Å². The molecule has 1 saturated heterocycles. The van der Waals surface area contributed by atoms with Crippen LogP contribution in [0.5, 0.6) is 0 Å². The minimum absolute atomic E-state index is 0.367. The highest BCUT2D eigenvalue weighted by atomic mass is 16.5. The number of ether oxygens (including phenoxy) is 3. The summed E-state index contributed by atoms with van der Waals surface area (Å²) in [5.41, 5.74) is 0. The van der Waals surface area contributed by atoms with Gasteiger partial charge in [0.1, 0.15) is 0 Å². The first-order valence-electron chi connectivity index (χ1n) is 6.26. The van der Waals surface area contributed by atoms with Crippen molar-refractivity contribution < 1.29 is 14.2 Å². The first kappa shape index (κ1) is 14.9. The molecule has 0 aromatic rings. The second kappa shape index (κ2) is 8.83. The molecule has 1 N–H and O–H groups in total. The molecule has 5 heteroatoms. The van der Waals surface area contributed by atoms with Crippen molar-refractivity contribution in [3.8, 4) is 0 Å². The van der Waals surface area contributed by atoms with Gasteiger partial charge in [-0.1, -0.05) is 0 Å². The van der Waals surface area contributed by atoms with E-state index in [1.165, 1.54) is 0 Å². The van der Waals surface area contributed by atoms with Crippen LogP contribution in [0.25, 0.3) is 0 Å². The Bertz CT molecular complexity index is 185. The molecule has 1 fully saturated rings. The third-order valence-corrected chi connectivity index (χ3v) is 3.22. The van der Waals surface area contributed by atoms with E-state index in [-0.39, 0.29) is 0 Å². The van der Waals surface area contributed by atoms with E-state index in [4.69, 9.17) is 14.2 Å². The van der Waals surface area contributed by atoms with E-state index in [0.717, 1.165) is 45.8 Å². The Hall–Kier alpha value is -0.200. The van der Waals surface area contributed by atoms with Crippen molar-refractivity contribution in [3.63, 3.8) is 0 Å². The van der Waals surface area contributed by atoms with E-state index < -0.39 is 0 Å². The molecule has 0 saturated carbocycles. The summed E-state index contributed by atoms with van der Waals surface area (Å²) in [5, 5.41) is 3.49. The van der Waals surface area contributed by atoms with Crippen molar-refractivity contribution in [1.82, 2.24) is 10.2 Å². The summed E-state index contributed by atoms with van der Waals surface area (Å²) in [6.45, 7) is 5.44. The SMILES string of the molecule is COCCN(CCOC)CC1CC(OC)CN1. The maximum absolute atomic E-state index is 5.35. The highest BCUT2D eigenvalue weighted by Crippen LogP contribution is 2.10. The van der Waals surface area contributed by atoms with E-state index in [9.17, 15) is 0 Å². The van der Waals surface area contributed by atoms with Gasteiger partial charge in [0.25, 0.3) is 0 Å². The first-order valence-corrected chi connectivity index (χ1v) is 6.26. The standard InChI is InChI=1S/C12H26N2O3/c1-15-6-4-14(5-7-16-2)10-11-8-12(17-3)9-13-11/h11-13H,4-10H2,1-3H3.